The van der Waals surface area contributed by atoms with Crippen LogP contribution in [0.3, 0.4) is 0 Å². The topological polar surface area (TPSA) is 104 Å². The number of ether oxygens (including phenoxy) is 1. The van der Waals surface area contributed by atoms with E-state index in [1.165, 1.54) is 30.3 Å². The maximum atomic E-state index is 15.0. The standard InChI is InChI=1S/C27H19F4N3O4S/c1-39(36,37)13-17-8-14-6-16(7-15(14)9-21(17)29)26(35)19-12-33-34(27(19)32)25-22(30)10-18(11-23(25)31)38-24-5-3-2-4-20(24)28/h2-5,7-12H,6,13,32H2,1H3. The van der Waals surface area contributed by atoms with E-state index in [9.17, 15) is 30.8 Å². The van der Waals surface area contributed by atoms with Crippen molar-refractivity contribution >= 4 is 27.5 Å². The molecule has 1 aliphatic carbocycles. The predicted octanol–water partition coefficient (Wildman–Crippen LogP) is 5.17. The zero-order chi connectivity index (χ0) is 28.1. The number of halogens is 4. The van der Waals surface area contributed by atoms with Gasteiger partial charge in [-0.05, 0) is 35.4 Å². The molecule has 0 fully saturated rings. The fourth-order valence-electron chi connectivity index (χ4n) is 4.30. The molecule has 0 amide bonds. The van der Waals surface area contributed by atoms with Gasteiger partial charge in [0.25, 0.3) is 0 Å². The predicted molar refractivity (Wildman–Crippen MR) is 135 cm³/mol. The summed E-state index contributed by atoms with van der Waals surface area (Å²) >= 11 is 0. The third-order valence-corrected chi connectivity index (χ3v) is 6.88. The number of fused-ring (bicyclic) bond motifs is 1. The first-order chi connectivity index (χ1) is 18.4. The number of para-hydroxylation sites is 1. The van der Waals surface area contributed by atoms with E-state index in [0.29, 0.717) is 11.1 Å². The highest BCUT2D eigenvalue weighted by Crippen LogP contribution is 2.33. The number of hydrogen-bond donors (Lipinski definition) is 1. The first kappa shape index (κ1) is 26.2. The number of allylic oxidation sites excluding steroid dienone is 1. The number of benzene rings is 3. The molecule has 0 unspecified atom stereocenters. The second-order valence-electron chi connectivity index (χ2n) is 9.01. The van der Waals surface area contributed by atoms with Gasteiger partial charge in [-0.25, -0.2) is 30.7 Å². The van der Waals surface area contributed by atoms with Crippen LogP contribution >= 0.6 is 0 Å². The Morgan fingerprint density at radius 2 is 1.72 bits per heavy atom. The highest BCUT2D eigenvalue weighted by molar-refractivity contribution is 7.89. The third-order valence-electron chi connectivity index (χ3n) is 6.05. The Bertz CT molecular complexity index is 1780. The Hall–Kier alpha value is -4.45. The number of sulfone groups is 1. The molecular weight excluding hydrogens is 538 g/mol. The minimum atomic E-state index is -3.48. The van der Waals surface area contributed by atoms with Crippen molar-refractivity contribution < 1.29 is 35.5 Å². The van der Waals surface area contributed by atoms with Crippen molar-refractivity contribution in [3.63, 3.8) is 0 Å². The third kappa shape index (κ3) is 5.15. The number of nitrogen functional groups attached to an aromatic ring is 1. The van der Waals surface area contributed by atoms with Crippen LogP contribution < -0.4 is 10.5 Å². The van der Waals surface area contributed by atoms with Crippen LogP contribution in [-0.4, -0.2) is 30.2 Å². The normalized spacial score (nSPS) is 12.8. The molecule has 0 aliphatic heterocycles. The number of Topliss-reactive ketones (excluding diaryl/α,β-unsaturated/α-hetero) is 1. The van der Waals surface area contributed by atoms with Crippen LogP contribution in [0.25, 0.3) is 11.8 Å². The lowest BCUT2D eigenvalue weighted by atomic mass is 10.0. The molecule has 1 aliphatic rings. The Balaban J connectivity index is 1.41. The van der Waals surface area contributed by atoms with Crippen molar-refractivity contribution in [1.82, 2.24) is 9.78 Å². The summed E-state index contributed by atoms with van der Waals surface area (Å²) in [5.74, 6) is -5.67. The first-order valence-corrected chi connectivity index (χ1v) is 13.5. The van der Waals surface area contributed by atoms with Crippen LogP contribution in [0.2, 0.25) is 0 Å². The lowest BCUT2D eigenvalue weighted by molar-refractivity contribution is 0.103. The van der Waals surface area contributed by atoms with Crippen molar-refractivity contribution in [3.8, 4) is 17.2 Å². The number of anilines is 1. The monoisotopic (exact) mass is 557 g/mol. The molecule has 0 bridgehead atoms. The number of aromatic nitrogens is 2. The average molecular weight is 558 g/mol. The highest BCUT2D eigenvalue weighted by Gasteiger charge is 2.27. The van der Waals surface area contributed by atoms with Gasteiger partial charge in [0.05, 0.1) is 17.5 Å². The molecule has 5 rings (SSSR count). The molecule has 0 spiro atoms. The lowest BCUT2D eigenvalue weighted by Gasteiger charge is -2.11. The van der Waals surface area contributed by atoms with E-state index in [2.05, 4.69) is 5.10 Å². The van der Waals surface area contributed by atoms with Crippen LogP contribution in [0.1, 0.15) is 27.0 Å². The maximum Gasteiger partial charge on any atom is 0.194 e. The smallest absolute Gasteiger partial charge is 0.194 e. The minimum Gasteiger partial charge on any atom is -0.454 e. The zero-order valence-corrected chi connectivity index (χ0v) is 21.0. The number of nitrogens with two attached hydrogens (primary N) is 1. The summed E-state index contributed by atoms with van der Waals surface area (Å²) in [5, 5.41) is 3.88. The van der Waals surface area contributed by atoms with Gasteiger partial charge in [0.15, 0.2) is 38.8 Å². The van der Waals surface area contributed by atoms with Gasteiger partial charge in [0.1, 0.15) is 23.1 Å². The van der Waals surface area contributed by atoms with Crippen LogP contribution in [-0.2, 0) is 22.0 Å². The molecular formula is C27H19F4N3O4S. The largest absolute Gasteiger partial charge is 0.454 e. The molecule has 0 atom stereocenters. The Kier molecular flexibility index (Phi) is 6.51. The fourth-order valence-corrected chi connectivity index (χ4v) is 5.08. The van der Waals surface area contributed by atoms with Crippen LogP contribution in [0, 0.1) is 23.3 Å². The summed E-state index contributed by atoms with van der Waals surface area (Å²) in [5.41, 5.74) is 6.39. The number of carbonyl (C=O) groups is 1. The summed E-state index contributed by atoms with van der Waals surface area (Å²) in [7, 11) is -3.48. The SMILES string of the molecule is CS(=O)(=O)Cc1cc2c(cc1F)C=C(C(=O)c1cnn(-c3c(F)cc(Oc4ccccc4F)cc3F)c1N)C2. The lowest BCUT2D eigenvalue weighted by Crippen LogP contribution is -2.10. The molecule has 0 saturated carbocycles. The summed E-state index contributed by atoms with van der Waals surface area (Å²) in [6, 6.07) is 9.54. The average Bonchev–Trinajstić information content (AvgIpc) is 3.42. The van der Waals surface area contributed by atoms with E-state index in [1.54, 1.807) is 0 Å². The maximum absolute atomic E-state index is 15.0. The Morgan fingerprint density at radius 1 is 1.03 bits per heavy atom. The summed E-state index contributed by atoms with van der Waals surface area (Å²) in [6.07, 6.45) is 3.56. The van der Waals surface area contributed by atoms with Crippen molar-refractivity contribution in [2.45, 2.75) is 12.2 Å². The molecule has 1 heterocycles. The van der Waals surface area contributed by atoms with E-state index >= 15 is 0 Å². The number of hydrogen-bond acceptors (Lipinski definition) is 6. The minimum absolute atomic E-state index is 0.0148. The molecule has 4 aromatic rings. The summed E-state index contributed by atoms with van der Waals surface area (Å²) < 4.78 is 87.3. The molecule has 7 nitrogen and oxygen atoms in total. The van der Waals surface area contributed by atoms with Gasteiger partial charge >= 0.3 is 0 Å². The van der Waals surface area contributed by atoms with Crippen molar-refractivity contribution in [2.75, 3.05) is 12.0 Å². The number of nitrogens with zero attached hydrogens (tertiary/aromatic N) is 2. The number of rotatable bonds is 7. The second-order valence-corrected chi connectivity index (χ2v) is 11.2. The number of ketones is 1. The van der Waals surface area contributed by atoms with Crippen LogP contribution in [0.4, 0.5) is 23.4 Å². The zero-order valence-electron chi connectivity index (χ0n) is 20.2. The van der Waals surface area contributed by atoms with Crippen molar-refractivity contribution in [2.24, 2.45) is 0 Å². The van der Waals surface area contributed by atoms with Crippen LogP contribution in [0.15, 0.2) is 60.3 Å². The fraction of sp³-hybridized carbons (Fsp3) is 0.111. The van der Waals surface area contributed by atoms with Gasteiger partial charge in [-0.15, -0.1) is 0 Å². The molecule has 0 saturated heterocycles. The van der Waals surface area contributed by atoms with Gasteiger partial charge in [-0.1, -0.05) is 18.2 Å². The van der Waals surface area contributed by atoms with Crippen LogP contribution in [0.5, 0.6) is 11.5 Å². The Morgan fingerprint density at radius 3 is 2.38 bits per heavy atom. The van der Waals surface area contributed by atoms with Gasteiger partial charge in [0, 0.05) is 35.9 Å². The molecule has 200 valence electrons. The van der Waals surface area contributed by atoms with E-state index in [0.717, 1.165) is 41.4 Å². The first-order valence-electron chi connectivity index (χ1n) is 11.4. The number of carbonyl (C=O) groups excluding carboxylic acids is 1. The molecule has 2 N–H and O–H groups in total. The molecule has 0 radical (unpaired) electrons. The molecule has 12 heteroatoms. The van der Waals surface area contributed by atoms with Gasteiger partial charge in [-0.3, -0.25) is 4.79 Å². The quantitative estimate of drug-likeness (QED) is 0.248. The molecule has 3 aromatic carbocycles. The summed E-state index contributed by atoms with van der Waals surface area (Å²) in [4.78, 5) is 13.2. The van der Waals surface area contributed by atoms with E-state index in [4.69, 9.17) is 10.5 Å². The van der Waals surface area contributed by atoms with Gasteiger partial charge in [0.2, 0.25) is 0 Å². The van der Waals surface area contributed by atoms with E-state index in [-0.39, 0.29) is 40.4 Å². The van der Waals surface area contributed by atoms with E-state index in [1.807, 2.05) is 0 Å². The Labute approximate surface area is 220 Å². The highest BCUT2D eigenvalue weighted by atomic mass is 32.2. The molecule has 1 aromatic heterocycles. The summed E-state index contributed by atoms with van der Waals surface area (Å²) in [6.45, 7) is 0. The molecule has 39 heavy (non-hydrogen) atoms. The van der Waals surface area contributed by atoms with Gasteiger partial charge in [-0.2, -0.15) is 5.10 Å². The van der Waals surface area contributed by atoms with Crippen molar-refractivity contribution in [1.29, 1.82) is 0 Å². The van der Waals surface area contributed by atoms with Crippen molar-refractivity contribution in [3.05, 3.63) is 106 Å². The van der Waals surface area contributed by atoms with Gasteiger partial charge < -0.3 is 10.5 Å². The second kappa shape index (κ2) is 9.70. The van der Waals surface area contributed by atoms with E-state index < -0.39 is 50.3 Å².